The van der Waals surface area contributed by atoms with Crippen molar-refractivity contribution in [2.75, 3.05) is 40.8 Å². The van der Waals surface area contributed by atoms with E-state index in [-0.39, 0.29) is 25.2 Å². The van der Waals surface area contributed by atoms with Gasteiger partial charge in [0.25, 0.3) is 0 Å². The zero-order valence-corrected chi connectivity index (χ0v) is 32.2. The van der Waals surface area contributed by atoms with E-state index >= 15 is 0 Å². The van der Waals surface area contributed by atoms with E-state index in [1.54, 1.807) is 32.8 Å². The van der Waals surface area contributed by atoms with Gasteiger partial charge in [0.05, 0.1) is 36.9 Å². The van der Waals surface area contributed by atoms with E-state index < -0.39 is 79.0 Å². The van der Waals surface area contributed by atoms with Gasteiger partial charge >= 0.3 is 11.9 Å². The number of nitrogens with zero attached hydrogens (tertiary/aromatic N) is 2. The first-order valence-corrected chi connectivity index (χ1v) is 18.9. The fraction of sp³-hybridized carbons (Fsp3) is 0.769. The van der Waals surface area contributed by atoms with E-state index in [0.717, 1.165) is 32.1 Å². The summed E-state index contributed by atoms with van der Waals surface area (Å²) in [5, 5.41) is 33.9. The second-order valence-electron chi connectivity index (χ2n) is 14.8. The van der Waals surface area contributed by atoms with Crippen molar-refractivity contribution in [3.05, 3.63) is 35.9 Å². The number of carbonyl (C=O) groups is 3. The number of ether oxygens (including phenoxy) is 5. The Morgan fingerprint density at radius 2 is 1.77 bits per heavy atom. The van der Waals surface area contributed by atoms with Gasteiger partial charge < -0.3 is 53.6 Å². The number of unbranched alkanes of at least 4 members (excludes halogenated alkanes) is 1. The summed E-state index contributed by atoms with van der Waals surface area (Å²) in [4.78, 5) is 42.3. The van der Waals surface area contributed by atoms with Crippen LogP contribution in [0, 0.1) is 11.8 Å². The van der Waals surface area contributed by atoms with Gasteiger partial charge in [0.15, 0.2) is 6.29 Å². The smallest absolute Gasteiger partial charge is 0.309 e. The first-order chi connectivity index (χ1) is 24.8. The number of rotatable bonds is 13. The third-order valence-electron chi connectivity index (χ3n) is 10.5. The molecule has 52 heavy (non-hydrogen) atoms. The highest BCUT2D eigenvalue weighted by Gasteiger charge is 2.48. The molecule has 3 rings (SSSR count). The normalized spacial score (nSPS) is 34.6. The molecule has 2 saturated heterocycles. The molecule has 0 amide bonds. The average Bonchev–Trinajstić information content (AvgIpc) is 3.10. The first kappa shape index (κ1) is 43.9. The molecule has 1 aromatic rings. The highest BCUT2D eigenvalue weighted by Crippen LogP contribution is 2.34. The fourth-order valence-corrected chi connectivity index (χ4v) is 7.35. The van der Waals surface area contributed by atoms with Crippen LogP contribution in [-0.4, -0.2) is 145 Å². The van der Waals surface area contributed by atoms with E-state index in [9.17, 15) is 29.7 Å². The van der Waals surface area contributed by atoms with E-state index in [1.165, 1.54) is 12.7 Å². The van der Waals surface area contributed by atoms with Crippen molar-refractivity contribution in [2.45, 2.75) is 140 Å². The summed E-state index contributed by atoms with van der Waals surface area (Å²) in [5.74, 6) is -2.10. The highest BCUT2D eigenvalue weighted by atomic mass is 16.7. The molecule has 0 spiro atoms. The molecule has 296 valence electrons. The van der Waals surface area contributed by atoms with Crippen LogP contribution in [0.3, 0.4) is 0 Å². The predicted octanol–water partition coefficient (Wildman–Crippen LogP) is 2.75. The van der Waals surface area contributed by atoms with Crippen molar-refractivity contribution in [2.24, 2.45) is 11.8 Å². The van der Waals surface area contributed by atoms with Gasteiger partial charge in [-0.25, -0.2) is 0 Å². The summed E-state index contributed by atoms with van der Waals surface area (Å²) >= 11 is 0. The lowest BCUT2D eigenvalue weighted by atomic mass is 9.82. The predicted molar refractivity (Wildman–Crippen MR) is 194 cm³/mol. The van der Waals surface area contributed by atoms with Gasteiger partial charge in [-0.15, -0.1) is 0 Å². The average molecular weight is 737 g/mol. The van der Waals surface area contributed by atoms with E-state index in [0.29, 0.717) is 25.9 Å². The van der Waals surface area contributed by atoms with Crippen molar-refractivity contribution in [3.63, 3.8) is 0 Å². The summed E-state index contributed by atoms with van der Waals surface area (Å²) in [7, 11) is 4.85. The molecule has 1 aromatic carbocycles. The number of benzene rings is 1. The number of aryl methyl sites for hydroxylation is 1. The number of aliphatic hydroxyl groups excluding tert-OH is 3. The van der Waals surface area contributed by atoms with Crippen molar-refractivity contribution < 1.29 is 53.4 Å². The molecule has 0 bridgehead atoms. The topological polar surface area (TPSA) is 165 Å². The molecule has 2 fully saturated rings. The molecular formula is C39H64N2O11. The molecular weight excluding hydrogens is 672 g/mol. The van der Waals surface area contributed by atoms with Gasteiger partial charge in [0.1, 0.15) is 30.7 Å². The van der Waals surface area contributed by atoms with Crippen LogP contribution in [0.5, 0.6) is 0 Å². The Morgan fingerprint density at radius 3 is 2.40 bits per heavy atom. The number of esters is 2. The van der Waals surface area contributed by atoms with Gasteiger partial charge in [-0.05, 0) is 84.0 Å². The van der Waals surface area contributed by atoms with Gasteiger partial charge in [0.2, 0.25) is 0 Å². The van der Waals surface area contributed by atoms with Crippen LogP contribution in [0.25, 0.3) is 0 Å². The maximum atomic E-state index is 13.4. The Hall–Kier alpha value is -2.49. The minimum Gasteiger partial charge on any atom is -0.463 e. The number of β-amino-alcohol motifs (C(OH)–C–C–N with tert-alkyl or cyclic N) is 1. The van der Waals surface area contributed by atoms with Gasteiger partial charge in [0, 0.05) is 33.0 Å². The van der Waals surface area contributed by atoms with Crippen LogP contribution < -0.4 is 0 Å². The number of likely N-dealkylation sites (N-methyl/N-ethyl adjacent to an activating group) is 1. The van der Waals surface area contributed by atoms with Gasteiger partial charge in [-0.1, -0.05) is 44.2 Å². The van der Waals surface area contributed by atoms with E-state index in [4.69, 9.17) is 23.7 Å². The summed E-state index contributed by atoms with van der Waals surface area (Å²) in [6.45, 7) is 8.76. The maximum absolute atomic E-state index is 13.4. The molecule has 0 aliphatic carbocycles. The summed E-state index contributed by atoms with van der Waals surface area (Å²) in [6, 6.07) is 9.56. The summed E-state index contributed by atoms with van der Waals surface area (Å²) in [5.41, 5.74) is 1.28. The van der Waals surface area contributed by atoms with Crippen molar-refractivity contribution >= 4 is 18.2 Å². The Morgan fingerprint density at radius 1 is 1.06 bits per heavy atom. The minimum absolute atomic E-state index is 0.0151. The fourth-order valence-electron chi connectivity index (χ4n) is 7.35. The molecule has 2 heterocycles. The number of methoxy groups -OCH3 is 1. The van der Waals surface area contributed by atoms with Crippen molar-refractivity contribution in [1.82, 2.24) is 9.80 Å². The second-order valence-corrected chi connectivity index (χ2v) is 14.8. The maximum Gasteiger partial charge on any atom is 0.309 e. The van der Waals surface area contributed by atoms with Crippen LogP contribution in [0.2, 0.25) is 0 Å². The third-order valence-corrected chi connectivity index (χ3v) is 10.5. The van der Waals surface area contributed by atoms with Crippen LogP contribution in [-0.2, 0) is 44.5 Å². The van der Waals surface area contributed by atoms with E-state index in [1.807, 2.05) is 32.0 Å². The number of carbonyl (C=O) groups excluding carboxylic acids is 3. The SMILES string of the molecule is CCC(=O)O[C@@H]1CC(=O)O[C@H](C)CCN(CCCCc2ccccc2)C[C@H](O)[C@H](C)C[C@H](CC=O)[C@H](O[C@@H]2O[C@H](C)[C@@H](O)[C@H](N(C)C)[C@H]2O)[C@H]1OC. The van der Waals surface area contributed by atoms with Crippen molar-refractivity contribution in [3.8, 4) is 0 Å². The van der Waals surface area contributed by atoms with Crippen LogP contribution in [0.4, 0.5) is 0 Å². The molecule has 2 aliphatic heterocycles. The van der Waals surface area contributed by atoms with Gasteiger partial charge in [-0.2, -0.15) is 0 Å². The molecule has 2 aliphatic rings. The van der Waals surface area contributed by atoms with Crippen LogP contribution in [0.1, 0.15) is 78.2 Å². The van der Waals surface area contributed by atoms with Crippen LogP contribution in [0.15, 0.2) is 30.3 Å². The Labute approximate surface area is 309 Å². The number of hydrogen-bond donors (Lipinski definition) is 3. The Balaban J connectivity index is 1.96. The number of hydrogen-bond acceptors (Lipinski definition) is 13. The standard InChI is InChI=1S/C39H64N2O11/c1-8-32(44)51-31-23-33(45)49-26(3)17-20-41(19-13-12-16-28-14-10-9-11-15-28)24-30(43)25(2)22-29(18-21-42)37(38(31)48-7)52-39-36(47)34(40(5)6)35(46)27(4)50-39/h9-11,14-15,21,25-27,29-31,34-39,43,46-47H,8,12-13,16-20,22-24H2,1-7H3/t25-,26-,27-,29+,30+,31-,34+,35-,36-,37+,38+,39+/m1/s1. The zero-order chi connectivity index (χ0) is 38.4. The molecule has 13 nitrogen and oxygen atoms in total. The summed E-state index contributed by atoms with van der Waals surface area (Å²) in [6.07, 6.45) is -4.76. The highest BCUT2D eigenvalue weighted by molar-refractivity contribution is 5.72. The lowest BCUT2D eigenvalue weighted by molar-refractivity contribution is -0.310. The van der Waals surface area contributed by atoms with E-state index in [2.05, 4.69) is 17.0 Å². The molecule has 3 N–H and O–H groups in total. The zero-order valence-electron chi connectivity index (χ0n) is 32.2. The van der Waals surface area contributed by atoms with Gasteiger partial charge in [-0.3, -0.25) is 9.59 Å². The second kappa shape index (κ2) is 22.0. The molecule has 0 aromatic heterocycles. The molecule has 13 heteroatoms. The van der Waals surface area contributed by atoms with Crippen LogP contribution >= 0.6 is 0 Å². The molecule has 12 atom stereocenters. The first-order valence-electron chi connectivity index (χ1n) is 18.9. The number of aliphatic hydroxyl groups is 3. The Kier molecular flexibility index (Phi) is 18.6. The minimum atomic E-state index is -1.31. The lowest BCUT2D eigenvalue weighted by Gasteiger charge is -2.47. The quantitative estimate of drug-likeness (QED) is 0.154. The number of aldehydes is 1. The Bertz CT molecular complexity index is 1210. The lowest BCUT2D eigenvalue weighted by Crippen LogP contribution is -2.63. The largest absolute Gasteiger partial charge is 0.463 e. The number of cyclic esters (lactones) is 1. The molecule has 0 saturated carbocycles. The molecule has 0 unspecified atom stereocenters. The third kappa shape index (κ3) is 13.1. The summed E-state index contributed by atoms with van der Waals surface area (Å²) < 4.78 is 30.2. The van der Waals surface area contributed by atoms with Crippen molar-refractivity contribution in [1.29, 1.82) is 0 Å². The molecule has 0 radical (unpaired) electrons. The monoisotopic (exact) mass is 736 g/mol.